The number of hydrogen-bond donors (Lipinski definition) is 0. The van der Waals surface area contributed by atoms with E-state index in [1.165, 1.54) is 7.11 Å². The number of fused-ring (bicyclic) bond motifs is 1. The first-order valence-electron chi connectivity index (χ1n) is 5.12. The lowest BCUT2D eigenvalue weighted by Crippen LogP contribution is -2.23. The molecule has 0 radical (unpaired) electrons. The number of ether oxygens (including phenoxy) is 1. The van der Waals surface area contributed by atoms with Crippen molar-refractivity contribution in [3.8, 4) is 0 Å². The fourth-order valence-electron chi connectivity index (χ4n) is 1.56. The minimum Gasteiger partial charge on any atom is -0.465 e. The summed E-state index contributed by atoms with van der Waals surface area (Å²) in [5.74, 6) is -1.47. The van der Waals surface area contributed by atoms with Gasteiger partial charge in [0.2, 0.25) is 0 Å². The van der Waals surface area contributed by atoms with Crippen molar-refractivity contribution < 1.29 is 19.1 Å². The van der Waals surface area contributed by atoms with Crippen molar-refractivity contribution >= 4 is 17.8 Å². The molecular formula is C13H9NO4. The van der Waals surface area contributed by atoms with Crippen molar-refractivity contribution in [3.63, 3.8) is 0 Å². The van der Waals surface area contributed by atoms with Crippen molar-refractivity contribution in [2.75, 3.05) is 7.11 Å². The first kappa shape index (κ1) is 11.8. The molecule has 5 heteroatoms. The second-order valence-corrected chi connectivity index (χ2v) is 3.49. The largest absolute Gasteiger partial charge is 0.465 e. The van der Waals surface area contributed by atoms with Crippen LogP contribution in [0.15, 0.2) is 42.3 Å². The number of nitrogens with zero attached hydrogens (tertiary/aromatic N) is 1. The monoisotopic (exact) mass is 243 g/mol. The molecule has 0 bridgehead atoms. The zero-order valence-electron chi connectivity index (χ0n) is 9.54. The lowest BCUT2D eigenvalue weighted by molar-refractivity contribution is -0.134. The molecule has 1 heterocycles. The van der Waals surface area contributed by atoms with Crippen LogP contribution in [-0.2, 0) is 9.53 Å². The van der Waals surface area contributed by atoms with E-state index in [2.05, 4.69) is 10.5 Å². The molecule has 0 saturated carbocycles. The van der Waals surface area contributed by atoms with Gasteiger partial charge in [-0.2, -0.15) is 0 Å². The number of carbonyl (C=O) groups is 3. The first-order chi connectivity index (χ1) is 8.65. The zero-order valence-corrected chi connectivity index (χ0v) is 9.54. The Kier molecular flexibility index (Phi) is 3.08. The molecule has 0 spiro atoms. The highest BCUT2D eigenvalue weighted by Gasteiger charge is 2.33. The average Bonchev–Trinajstić information content (AvgIpc) is 2.64. The maximum absolute atomic E-state index is 11.9. The molecule has 1 aromatic carbocycles. The Bertz CT molecular complexity index is 562. The lowest BCUT2D eigenvalue weighted by Gasteiger charge is -2.04. The molecule has 1 aromatic rings. The summed E-state index contributed by atoms with van der Waals surface area (Å²) in [5, 5.41) is 0. The molecule has 2 amide bonds. The number of imide groups is 1. The zero-order chi connectivity index (χ0) is 13.1. The molecule has 90 valence electrons. The summed E-state index contributed by atoms with van der Waals surface area (Å²) in [6.07, 6.45) is 2.13. The van der Waals surface area contributed by atoms with Crippen LogP contribution >= 0.6 is 0 Å². The molecule has 0 unspecified atom stereocenters. The van der Waals surface area contributed by atoms with Crippen LogP contribution in [0, 0.1) is 0 Å². The summed E-state index contributed by atoms with van der Waals surface area (Å²) < 4.78 is 4.37. The number of hydrogen-bond acceptors (Lipinski definition) is 4. The van der Waals surface area contributed by atoms with Crippen LogP contribution in [0.3, 0.4) is 0 Å². The molecule has 1 aliphatic rings. The summed E-state index contributed by atoms with van der Waals surface area (Å²) in [7, 11) is 1.22. The molecule has 0 N–H and O–H groups in total. The van der Waals surface area contributed by atoms with Crippen molar-refractivity contribution in [3.05, 3.63) is 53.4 Å². The minimum atomic E-state index is -0.608. The second-order valence-electron chi connectivity index (χ2n) is 3.49. The molecule has 0 aliphatic carbocycles. The van der Waals surface area contributed by atoms with Gasteiger partial charge in [-0.1, -0.05) is 17.9 Å². The fourth-order valence-corrected chi connectivity index (χ4v) is 1.56. The van der Waals surface area contributed by atoms with E-state index in [1.54, 1.807) is 24.3 Å². The van der Waals surface area contributed by atoms with Gasteiger partial charge in [0.25, 0.3) is 11.8 Å². The van der Waals surface area contributed by atoms with Crippen molar-refractivity contribution in [1.29, 1.82) is 0 Å². The Balaban J connectivity index is 2.29. The van der Waals surface area contributed by atoms with Crippen LogP contribution in [0.4, 0.5) is 0 Å². The molecule has 2 rings (SSSR count). The smallest absolute Gasteiger partial charge is 0.338 e. The summed E-state index contributed by atoms with van der Waals surface area (Å²) >= 11 is 0. The minimum absolute atomic E-state index is 0.346. The highest BCUT2D eigenvalue weighted by atomic mass is 16.5. The summed E-state index contributed by atoms with van der Waals surface area (Å²) in [6, 6.07) is 6.52. The molecule has 0 atom stereocenters. The second kappa shape index (κ2) is 4.69. The Morgan fingerprint density at radius 3 is 2.28 bits per heavy atom. The number of amides is 2. The lowest BCUT2D eigenvalue weighted by atomic mass is 10.1. The van der Waals surface area contributed by atoms with Gasteiger partial charge < -0.3 is 4.74 Å². The van der Waals surface area contributed by atoms with E-state index in [-0.39, 0.29) is 0 Å². The number of carbonyl (C=O) groups excluding carboxylic acids is 3. The predicted molar refractivity (Wildman–Crippen MR) is 61.6 cm³/mol. The molecule has 5 nitrogen and oxygen atoms in total. The Hall–Kier alpha value is -2.65. The van der Waals surface area contributed by atoms with Crippen LogP contribution in [0.2, 0.25) is 0 Å². The summed E-state index contributed by atoms with van der Waals surface area (Å²) in [4.78, 5) is 35.4. The van der Waals surface area contributed by atoms with Gasteiger partial charge in [0.15, 0.2) is 0 Å². The van der Waals surface area contributed by atoms with Gasteiger partial charge in [0.05, 0.1) is 30.5 Å². The molecule has 0 saturated heterocycles. The molecule has 0 fully saturated rings. The maximum atomic E-state index is 11.9. The van der Waals surface area contributed by atoms with Crippen LogP contribution in [0.1, 0.15) is 20.7 Å². The number of benzene rings is 1. The molecule has 18 heavy (non-hydrogen) atoms. The fraction of sp³-hybridized carbons (Fsp3) is 0.0769. The third kappa shape index (κ3) is 1.95. The van der Waals surface area contributed by atoms with E-state index in [0.29, 0.717) is 11.1 Å². The number of methoxy groups -OCH3 is 1. The van der Waals surface area contributed by atoms with Gasteiger partial charge in [-0.05, 0) is 12.1 Å². The van der Waals surface area contributed by atoms with Gasteiger partial charge in [-0.25, -0.2) is 9.69 Å². The van der Waals surface area contributed by atoms with Crippen LogP contribution in [0.5, 0.6) is 0 Å². The highest BCUT2D eigenvalue weighted by molar-refractivity contribution is 6.22. The number of rotatable bonds is 2. The van der Waals surface area contributed by atoms with E-state index in [1.807, 2.05) is 0 Å². The van der Waals surface area contributed by atoms with E-state index in [4.69, 9.17) is 0 Å². The van der Waals surface area contributed by atoms with Gasteiger partial charge in [0.1, 0.15) is 0 Å². The third-order valence-electron chi connectivity index (χ3n) is 2.43. The molecule has 1 aliphatic heterocycles. The van der Waals surface area contributed by atoms with E-state index >= 15 is 0 Å². The normalized spacial score (nSPS) is 12.8. The van der Waals surface area contributed by atoms with Crippen LogP contribution in [-0.4, -0.2) is 29.8 Å². The van der Waals surface area contributed by atoms with Crippen molar-refractivity contribution in [2.45, 2.75) is 0 Å². The third-order valence-corrected chi connectivity index (χ3v) is 2.43. The topological polar surface area (TPSA) is 63.7 Å². The molecular weight excluding hydrogens is 234 g/mol. The van der Waals surface area contributed by atoms with Crippen molar-refractivity contribution in [1.82, 2.24) is 4.90 Å². The van der Waals surface area contributed by atoms with Crippen LogP contribution in [0.25, 0.3) is 0 Å². The van der Waals surface area contributed by atoms with Gasteiger partial charge in [-0.15, -0.1) is 0 Å². The van der Waals surface area contributed by atoms with Crippen LogP contribution < -0.4 is 0 Å². The SMILES string of the molecule is COC(=O)C=C=CN1C(=O)c2ccccc2C1=O. The average molecular weight is 243 g/mol. The Morgan fingerprint density at radius 1 is 1.22 bits per heavy atom. The van der Waals surface area contributed by atoms with Crippen molar-refractivity contribution in [2.24, 2.45) is 0 Å². The summed E-state index contributed by atoms with van der Waals surface area (Å²) in [5.41, 5.74) is 3.13. The van der Waals surface area contributed by atoms with Gasteiger partial charge >= 0.3 is 5.97 Å². The maximum Gasteiger partial charge on any atom is 0.338 e. The van der Waals surface area contributed by atoms with E-state index < -0.39 is 17.8 Å². The standard InChI is InChI=1S/C13H9NO4/c1-18-11(15)7-4-8-14-12(16)9-5-2-3-6-10(9)13(14)17/h2-3,5-8H,1H3. The number of esters is 1. The van der Waals surface area contributed by atoms with Gasteiger partial charge in [-0.3, -0.25) is 9.59 Å². The first-order valence-corrected chi connectivity index (χ1v) is 5.12. The summed E-state index contributed by atoms with van der Waals surface area (Å²) in [6.45, 7) is 0. The Morgan fingerprint density at radius 2 is 1.78 bits per heavy atom. The molecule has 0 aromatic heterocycles. The quantitative estimate of drug-likeness (QED) is 0.338. The predicted octanol–water partition coefficient (Wildman–Crippen LogP) is 1.12. The van der Waals surface area contributed by atoms with Gasteiger partial charge in [0, 0.05) is 0 Å². The highest BCUT2D eigenvalue weighted by Crippen LogP contribution is 2.22. The Labute approximate surface area is 103 Å². The van der Waals surface area contributed by atoms with E-state index in [9.17, 15) is 14.4 Å². The van der Waals surface area contributed by atoms with E-state index in [0.717, 1.165) is 17.2 Å².